The van der Waals surface area contributed by atoms with Crippen LogP contribution in [-0.4, -0.2) is 29.9 Å². The predicted molar refractivity (Wildman–Crippen MR) is 92.2 cm³/mol. The number of rotatable bonds is 4. The van der Waals surface area contributed by atoms with Crippen LogP contribution in [0.3, 0.4) is 0 Å². The molecule has 4 nitrogen and oxygen atoms in total. The quantitative estimate of drug-likeness (QED) is 0.808. The summed E-state index contributed by atoms with van der Waals surface area (Å²) in [4.78, 5) is 25.9. The second-order valence-electron chi connectivity index (χ2n) is 6.05. The van der Waals surface area contributed by atoms with Crippen molar-refractivity contribution in [2.24, 2.45) is 0 Å². The van der Waals surface area contributed by atoms with Gasteiger partial charge in [-0.1, -0.05) is 48.5 Å². The third kappa shape index (κ3) is 3.04. The van der Waals surface area contributed by atoms with Crippen LogP contribution in [0.4, 0.5) is 0 Å². The highest BCUT2D eigenvalue weighted by Gasteiger charge is 2.39. The first-order valence-electron chi connectivity index (χ1n) is 8.16. The van der Waals surface area contributed by atoms with Crippen molar-refractivity contribution in [1.82, 2.24) is 4.90 Å². The van der Waals surface area contributed by atoms with Crippen LogP contribution in [0, 0.1) is 0 Å². The van der Waals surface area contributed by atoms with Gasteiger partial charge in [-0.3, -0.25) is 4.79 Å². The van der Waals surface area contributed by atoms with E-state index in [1.165, 1.54) is 7.11 Å². The van der Waals surface area contributed by atoms with Gasteiger partial charge in [0.2, 0.25) is 5.91 Å². The normalized spacial score (nSPS) is 18.5. The van der Waals surface area contributed by atoms with Gasteiger partial charge in [-0.05, 0) is 36.1 Å². The van der Waals surface area contributed by atoms with Crippen LogP contribution in [0.2, 0.25) is 0 Å². The zero-order valence-electron chi connectivity index (χ0n) is 13.9. The van der Waals surface area contributed by atoms with Crippen LogP contribution in [-0.2, 0) is 14.3 Å². The van der Waals surface area contributed by atoms with Crippen LogP contribution >= 0.6 is 0 Å². The Morgan fingerprint density at radius 1 is 1.12 bits per heavy atom. The summed E-state index contributed by atoms with van der Waals surface area (Å²) in [5.41, 5.74) is 3.24. The molecule has 1 saturated heterocycles. The molecule has 3 rings (SSSR count). The predicted octanol–water partition coefficient (Wildman–Crippen LogP) is 3.58. The summed E-state index contributed by atoms with van der Waals surface area (Å²) in [6.07, 6.45) is 0.913. The van der Waals surface area contributed by atoms with E-state index >= 15 is 0 Å². The zero-order valence-corrected chi connectivity index (χ0v) is 13.9. The van der Waals surface area contributed by atoms with E-state index in [1.54, 1.807) is 4.90 Å². The van der Waals surface area contributed by atoms with Crippen molar-refractivity contribution in [2.75, 3.05) is 7.11 Å². The molecule has 1 aliphatic heterocycles. The number of esters is 1. The van der Waals surface area contributed by atoms with Gasteiger partial charge in [0.15, 0.2) is 0 Å². The summed E-state index contributed by atoms with van der Waals surface area (Å²) < 4.78 is 4.86. The van der Waals surface area contributed by atoms with Gasteiger partial charge in [0.05, 0.1) is 13.2 Å². The molecule has 2 unspecified atom stereocenters. The maximum Gasteiger partial charge on any atom is 0.328 e. The molecule has 0 aliphatic carbocycles. The minimum Gasteiger partial charge on any atom is -0.467 e. The molecular weight excluding hydrogens is 302 g/mol. The van der Waals surface area contributed by atoms with Crippen molar-refractivity contribution in [3.05, 3.63) is 60.2 Å². The molecule has 0 spiro atoms. The van der Waals surface area contributed by atoms with Gasteiger partial charge < -0.3 is 9.64 Å². The fraction of sp³-hybridized carbons (Fsp3) is 0.300. The van der Waals surface area contributed by atoms with E-state index in [2.05, 4.69) is 24.3 Å². The summed E-state index contributed by atoms with van der Waals surface area (Å²) in [7, 11) is 1.37. The lowest BCUT2D eigenvalue weighted by Gasteiger charge is -2.30. The fourth-order valence-corrected chi connectivity index (χ4v) is 3.32. The number of hydrogen-bond donors (Lipinski definition) is 0. The van der Waals surface area contributed by atoms with E-state index in [4.69, 9.17) is 4.74 Å². The summed E-state index contributed by atoms with van der Waals surface area (Å²) in [5, 5.41) is 0. The van der Waals surface area contributed by atoms with E-state index in [9.17, 15) is 9.59 Å². The van der Waals surface area contributed by atoms with Crippen LogP contribution in [0.1, 0.15) is 31.4 Å². The lowest BCUT2D eigenvalue weighted by Crippen LogP contribution is -2.40. The van der Waals surface area contributed by atoms with Crippen molar-refractivity contribution in [1.29, 1.82) is 0 Å². The van der Waals surface area contributed by atoms with Crippen molar-refractivity contribution in [2.45, 2.75) is 31.8 Å². The summed E-state index contributed by atoms with van der Waals surface area (Å²) in [6.45, 7) is 1.96. The van der Waals surface area contributed by atoms with Gasteiger partial charge in [0.1, 0.15) is 6.04 Å². The summed E-state index contributed by atoms with van der Waals surface area (Å²) in [5.74, 6) is -0.338. The molecule has 0 radical (unpaired) electrons. The number of amides is 1. The van der Waals surface area contributed by atoms with Gasteiger partial charge in [0, 0.05) is 6.42 Å². The number of carbonyl (C=O) groups is 2. The SMILES string of the molecule is COC(=O)C1CCC(=O)N1C(C)c1cccc(-c2ccccc2)c1. The molecule has 4 heteroatoms. The average Bonchev–Trinajstić information content (AvgIpc) is 3.02. The molecule has 124 valence electrons. The number of nitrogens with zero attached hydrogens (tertiary/aromatic N) is 1. The molecule has 1 heterocycles. The Labute approximate surface area is 142 Å². The smallest absolute Gasteiger partial charge is 0.328 e. The molecule has 0 N–H and O–H groups in total. The molecule has 2 atom stereocenters. The Balaban J connectivity index is 1.91. The molecular formula is C20H21NO3. The highest BCUT2D eigenvalue weighted by Crippen LogP contribution is 2.32. The monoisotopic (exact) mass is 323 g/mol. The number of carbonyl (C=O) groups excluding carboxylic acids is 2. The van der Waals surface area contributed by atoms with Crippen molar-refractivity contribution in [3.8, 4) is 11.1 Å². The lowest BCUT2D eigenvalue weighted by molar-refractivity contribution is -0.150. The maximum atomic E-state index is 12.3. The first kappa shape index (κ1) is 16.2. The second-order valence-corrected chi connectivity index (χ2v) is 6.05. The van der Waals surface area contributed by atoms with Crippen LogP contribution in [0.25, 0.3) is 11.1 Å². The topological polar surface area (TPSA) is 46.6 Å². The van der Waals surface area contributed by atoms with E-state index in [-0.39, 0.29) is 17.9 Å². The molecule has 1 fully saturated rings. The van der Waals surface area contributed by atoms with Crippen molar-refractivity contribution >= 4 is 11.9 Å². The van der Waals surface area contributed by atoms with Crippen molar-refractivity contribution in [3.63, 3.8) is 0 Å². The van der Waals surface area contributed by atoms with Gasteiger partial charge in [-0.15, -0.1) is 0 Å². The molecule has 24 heavy (non-hydrogen) atoms. The van der Waals surface area contributed by atoms with E-state index in [0.29, 0.717) is 12.8 Å². The highest BCUT2D eigenvalue weighted by molar-refractivity contribution is 5.88. The third-order valence-corrected chi connectivity index (χ3v) is 4.62. The van der Waals surface area contributed by atoms with E-state index < -0.39 is 6.04 Å². The standard InChI is InChI=1S/C20H21NO3/c1-14(21-18(20(23)24-2)11-12-19(21)22)16-9-6-10-17(13-16)15-7-4-3-5-8-15/h3-10,13-14,18H,11-12H2,1-2H3. The number of ether oxygens (including phenoxy) is 1. The van der Waals surface area contributed by atoms with Crippen LogP contribution in [0.15, 0.2) is 54.6 Å². The number of benzene rings is 2. The van der Waals surface area contributed by atoms with Crippen molar-refractivity contribution < 1.29 is 14.3 Å². The Hall–Kier alpha value is -2.62. The van der Waals surface area contributed by atoms with Gasteiger partial charge in [-0.25, -0.2) is 4.79 Å². The molecule has 2 aromatic carbocycles. The Kier molecular flexibility index (Phi) is 4.65. The molecule has 0 saturated carbocycles. The van der Waals surface area contributed by atoms with E-state index in [0.717, 1.165) is 16.7 Å². The summed E-state index contributed by atoms with van der Waals surface area (Å²) in [6, 6.07) is 17.6. The third-order valence-electron chi connectivity index (χ3n) is 4.62. The number of hydrogen-bond acceptors (Lipinski definition) is 3. The largest absolute Gasteiger partial charge is 0.467 e. The second kappa shape index (κ2) is 6.87. The minimum absolute atomic E-state index is 0.00279. The van der Waals surface area contributed by atoms with Gasteiger partial charge in [0.25, 0.3) is 0 Å². The minimum atomic E-state index is -0.488. The lowest BCUT2D eigenvalue weighted by atomic mass is 9.99. The summed E-state index contributed by atoms with van der Waals surface area (Å²) >= 11 is 0. The number of likely N-dealkylation sites (tertiary alicyclic amines) is 1. The fourth-order valence-electron chi connectivity index (χ4n) is 3.32. The first-order valence-corrected chi connectivity index (χ1v) is 8.16. The highest BCUT2D eigenvalue weighted by atomic mass is 16.5. The Morgan fingerprint density at radius 2 is 1.83 bits per heavy atom. The van der Waals surface area contributed by atoms with Gasteiger partial charge >= 0.3 is 5.97 Å². The maximum absolute atomic E-state index is 12.3. The average molecular weight is 323 g/mol. The van der Waals surface area contributed by atoms with Gasteiger partial charge in [-0.2, -0.15) is 0 Å². The molecule has 1 amide bonds. The Morgan fingerprint density at radius 3 is 2.54 bits per heavy atom. The van der Waals surface area contributed by atoms with Crippen LogP contribution in [0.5, 0.6) is 0 Å². The number of methoxy groups -OCH3 is 1. The molecule has 0 bridgehead atoms. The first-order chi connectivity index (χ1) is 11.6. The molecule has 1 aliphatic rings. The zero-order chi connectivity index (χ0) is 17.1. The Bertz CT molecular complexity index is 742. The molecule has 0 aromatic heterocycles. The molecule has 2 aromatic rings. The van der Waals surface area contributed by atoms with E-state index in [1.807, 2.05) is 37.3 Å². The van der Waals surface area contributed by atoms with Crippen LogP contribution < -0.4 is 0 Å².